The number of carbonyl (C=O) groups excluding carboxylic acids is 3. The third kappa shape index (κ3) is 41.3. The summed E-state index contributed by atoms with van der Waals surface area (Å²) in [5.74, 6) is -1.01. The maximum absolute atomic E-state index is 12.7. The van der Waals surface area contributed by atoms with E-state index in [4.69, 9.17) is 14.2 Å². The molecule has 0 N–H and O–H groups in total. The van der Waals surface area contributed by atoms with E-state index < -0.39 is 6.10 Å². The number of rotatable bonds is 37. The first-order chi connectivity index (χ1) is 27.0. The topological polar surface area (TPSA) is 78.9 Å². The molecule has 0 spiro atoms. The van der Waals surface area contributed by atoms with Crippen LogP contribution in [-0.2, 0) is 28.6 Å². The van der Waals surface area contributed by atoms with E-state index in [1.165, 1.54) is 0 Å². The normalized spacial score (nSPS) is 13.0. The Kier molecular flexibility index (Phi) is 40.2. The van der Waals surface area contributed by atoms with Crippen LogP contribution in [0.2, 0.25) is 0 Å². The van der Waals surface area contributed by atoms with Gasteiger partial charge in [0.1, 0.15) is 13.2 Å². The molecule has 0 aliphatic heterocycles. The van der Waals surface area contributed by atoms with Crippen molar-refractivity contribution in [2.24, 2.45) is 0 Å². The molecule has 0 fully saturated rings. The zero-order chi connectivity index (χ0) is 40.1. The van der Waals surface area contributed by atoms with Gasteiger partial charge in [-0.05, 0) is 89.9 Å². The van der Waals surface area contributed by atoms with Crippen LogP contribution in [0.1, 0.15) is 175 Å². The van der Waals surface area contributed by atoms with Gasteiger partial charge in [0, 0.05) is 19.3 Å². The molecule has 0 aromatic heterocycles. The summed E-state index contributed by atoms with van der Waals surface area (Å²) in [6.45, 7) is 6.22. The summed E-state index contributed by atoms with van der Waals surface area (Å²) in [5.41, 5.74) is 0. The molecular weight excluding hydrogens is 685 g/mol. The van der Waals surface area contributed by atoms with Crippen molar-refractivity contribution in [2.45, 2.75) is 181 Å². The fourth-order valence-electron chi connectivity index (χ4n) is 5.37. The second-order valence-electron chi connectivity index (χ2n) is 13.8. The first kappa shape index (κ1) is 51.3. The zero-order valence-electron chi connectivity index (χ0n) is 35.1. The number of hydrogen-bond acceptors (Lipinski definition) is 6. The first-order valence-corrected chi connectivity index (χ1v) is 21.7. The maximum Gasteiger partial charge on any atom is 0.306 e. The second-order valence-corrected chi connectivity index (χ2v) is 13.8. The van der Waals surface area contributed by atoms with Crippen molar-refractivity contribution in [1.82, 2.24) is 0 Å². The van der Waals surface area contributed by atoms with E-state index in [0.29, 0.717) is 19.3 Å². The summed E-state index contributed by atoms with van der Waals surface area (Å²) < 4.78 is 16.5. The van der Waals surface area contributed by atoms with Crippen molar-refractivity contribution >= 4 is 17.9 Å². The van der Waals surface area contributed by atoms with Gasteiger partial charge in [0.2, 0.25) is 0 Å². The predicted octanol–water partition coefficient (Wildman–Crippen LogP) is 13.9. The average molecular weight is 763 g/mol. The quantitative estimate of drug-likeness (QED) is 0.0271. The lowest BCUT2D eigenvalue weighted by Crippen LogP contribution is -2.30. The molecule has 0 saturated carbocycles. The van der Waals surface area contributed by atoms with Gasteiger partial charge < -0.3 is 14.2 Å². The molecule has 0 radical (unpaired) electrons. The summed E-state index contributed by atoms with van der Waals surface area (Å²) in [6.07, 6.45) is 55.7. The van der Waals surface area contributed by atoms with Gasteiger partial charge in [0.05, 0.1) is 0 Å². The van der Waals surface area contributed by atoms with E-state index in [9.17, 15) is 14.4 Å². The molecule has 0 aliphatic rings. The molecule has 0 aromatic carbocycles. The van der Waals surface area contributed by atoms with Gasteiger partial charge in [-0.3, -0.25) is 14.4 Å². The van der Waals surface area contributed by atoms with Crippen molar-refractivity contribution in [1.29, 1.82) is 0 Å². The highest BCUT2D eigenvalue weighted by atomic mass is 16.6. The second kappa shape index (κ2) is 43.1. The molecule has 6 nitrogen and oxygen atoms in total. The monoisotopic (exact) mass is 763 g/mol. The SMILES string of the molecule is CC/C=C\C/C=C\C/C=C\C/C=C\C/C=C\CCCC(=O)OCC(COC(=O)CCCCCCC)OC(=O)CCCCCCC/C=C\C/C=C\C/C=C\CC. The third-order valence-corrected chi connectivity index (χ3v) is 8.58. The molecule has 0 amide bonds. The van der Waals surface area contributed by atoms with E-state index in [0.717, 1.165) is 128 Å². The summed E-state index contributed by atoms with van der Waals surface area (Å²) in [4.78, 5) is 37.4. The minimum absolute atomic E-state index is 0.105. The van der Waals surface area contributed by atoms with Crippen LogP contribution in [0.4, 0.5) is 0 Å². The van der Waals surface area contributed by atoms with Gasteiger partial charge >= 0.3 is 17.9 Å². The molecule has 0 bridgehead atoms. The number of esters is 3. The van der Waals surface area contributed by atoms with Crippen molar-refractivity contribution < 1.29 is 28.6 Å². The highest BCUT2D eigenvalue weighted by Gasteiger charge is 2.19. The van der Waals surface area contributed by atoms with Gasteiger partial charge in [-0.15, -0.1) is 0 Å². The van der Waals surface area contributed by atoms with Crippen LogP contribution in [-0.4, -0.2) is 37.2 Å². The highest BCUT2D eigenvalue weighted by molar-refractivity contribution is 5.71. The lowest BCUT2D eigenvalue weighted by atomic mass is 10.1. The molecule has 0 aromatic rings. The molecule has 0 aliphatic carbocycles. The summed E-state index contributed by atoms with van der Waals surface area (Å²) in [6, 6.07) is 0. The van der Waals surface area contributed by atoms with E-state index >= 15 is 0 Å². The maximum atomic E-state index is 12.7. The lowest BCUT2D eigenvalue weighted by Gasteiger charge is -2.18. The van der Waals surface area contributed by atoms with Crippen LogP contribution in [0, 0.1) is 0 Å². The Labute approximate surface area is 337 Å². The molecule has 55 heavy (non-hydrogen) atoms. The van der Waals surface area contributed by atoms with Gasteiger partial charge in [-0.1, -0.05) is 163 Å². The Balaban J connectivity index is 4.39. The van der Waals surface area contributed by atoms with Gasteiger partial charge in [-0.2, -0.15) is 0 Å². The van der Waals surface area contributed by atoms with Crippen molar-refractivity contribution in [2.75, 3.05) is 13.2 Å². The molecule has 310 valence electrons. The third-order valence-electron chi connectivity index (χ3n) is 8.58. The molecule has 0 rings (SSSR count). The van der Waals surface area contributed by atoms with Crippen LogP contribution < -0.4 is 0 Å². The van der Waals surface area contributed by atoms with E-state index in [-0.39, 0.29) is 37.5 Å². The van der Waals surface area contributed by atoms with Gasteiger partial charge in [0.25, 0.3) is 0 Å². The molecule has 1 unspecified atom stereocenters. The summed E-state index contributed by atoms with van der Waals surface area (Å²) >= 11 is 0. The number of carbonyl (C=O) groups is 3. The van der Waals surface area contributed by atoms with Crippen LogP contribution in [0.5, 0.6) is 0 Å². The van der Waals surface area contributed by atoms with Crippen molar-refractivity contribution in [3.05, 3.63) is 97.2 Å². The Morgan fingerprint density at radius 1 is 0.382 bits per heavy atom. The van der Waals surface area contributed by atoms with Crippen molar-refractivity contribution in [3.8, 4) is 0 Å². The fraction of sp³-hybridized carbons (Fsp3) is 0.612. The van der Waals surface area contributed by atoms with Gasteiger partial charge in [0.15, 0.2) is 6.10 Å². The Morgan fingerprint density at radius 3 is 1.18 bits per heavy atom. The van der Waals surface area contributed by atoms with Crippen molar-refractivity contribution in [3.63, 3.8) is 0 Å². The smallest absolute Gasteiger partial charge is 0.306 e. The highest BCUT2D eigenvalue weighted by Crippen LogP contribution is 2.11. The fourth-order valence-corrected chi connectivity index (χ4v) is 5.37. The Bertz CT molecular complexity index is 1150. The lowest BCUT2D eigenvalue weighted by molar-refractivity contribution is -0.167. The van der Waals surface area contributed by atoms with Crippen LogP contribution in [0.3, 0.4) is 0 Å². The number of allylic oxidation sites excluding steroid dienone is 16. The predicted molar refractivity (Wildman–Crippen MR) is 233 cm³/mol. The van der Waals surface area contributed by atoms with Gasteiger partial charge in [-0.25, -0.2) is 0 Å². The summed E-state index contributed by atoms with van der Waals surface area (Å²) in [7, 11) is 0. The Hall–Kier alpha value is -3.67. The Morgan fingerprint density at radius 2 is 0.727 bits per heavy atom. The molecular formula is C49H78O6. The molecule has 0 heterocycles. The number of hydrogen-bond donors (Lipinski definition) is 0. The average Bonchev–Trinajstić information content (AvgIpc) is 3.18. The summed E-state index contributed by atoms with van der Waals surface area (Å²) in [5, 5.41) is 0. The van der Waals surface area contributed by atoms with Crippen LogP contribution >= 0.6 is 0 Å². The van der Waals surface area contributed by atoms with E-state index in [1.807, 2.05) is 0 Å². The van der Waals surface area contributed by atoms with E-state index in [2.05, 4.69) is 118 Å². The van der Waals surface area contributed by atoms with Crippen LogP contribution in [0.15, 0.2) is 97.2 Å². The first-order valence-electron chi connectivity index (χ1n) is 21.7. The zero-order valence-corrected chi connectivity index (χ0v) is 35.1. The number of ether oxygens (including phenoxy) is 3. The molecule has 6 heteroatoms. The molecule has 1 atom stereocenters. The minimum Gasteiger partial charge on any atom is -0.462 e. The molecule has 0 saturated heterocycles. The standard InChI is InChI=1S/C49H78O6/c1-4-7-10-13-15-17-19-21-23-24-26-27-29-31-33-36-39-42-48(51)54-45-46(44-53-47(50)41-38-35-12-9-6-3)55-49(52)43-40-37-34-32-30-28-25-22-20-18-16-14-11-8-5-2/h7-8,10-11,15-18,21-23,25-27,31,33,46H,4-6,9,12-14,19-20,24,28-30,32,34-45H2,1-3H3/b10-7-,11-8-,17-15-,18-16-,23-21-,25-22-,27-26-,33-31-. The minimum atomic E-state index is -0.805. The van der Waals surface area contributed by atoms with Crippen LogP contribution in [0.25, 0.3) is 0 Å². The largest absolute Gasteiger partial charge is 0.462 e. The van der Waals surface area contributed by atoms with E-state index in [1.54, 1.807) is 0 Å². The number of unbranched alkanes of at least 4 members (excludes halogenated alkanes) is 10.